The monoisotopic (exact) mass is 348 g/mol. The second-order valence-corrected chi connectivity index (χ2v) is 5.63. The van der Waals surface area contributed by atoms with Crippen LogP contribution in [0.1, 0.15) is 32.3 Å². The van der Waals surface area contributed by atoms with Gasteiger partial charge in [-0.2, -0.15) is 0 Å². The van der Waals surface area contributed by atoms with E-state index in [1.54, 1.807) is 6.33 Å². The molecule has 0 saturated heterocycles. The third-order valence-corrected chi connectivity index (χ3v) is 3.92. The fraction of sp³-hybridized carbons (Fsp3) is 0.375. The Morgan fingerprint density at radius 2 is 1.76 bits per heavy atom. The van der Waals surface area contributed by atoms with E-state index in [1.165, 1.54) is 18.4 Å². The minimum Gasteiger partial charge on any atom is -0.369 e. The Bertz CT molecular complexity index is 569. The summed E-state index contributed by atoms with van der Waals surface area (Å²) in [5.74, 6) is 1.57. The second kappa shape index (κ2) is 7.98. The van der Waals surface area contributed by atoms with E-state index >= 15 is 0 Å². The molecular weight excluding hydrogens is 328 g/mol. The van der Waals surface area contributed by atoms with Crippen LogP contribution in [0.3, 0.4) is 0 Å². The molecule has 2 N–H and O–H groups in total. The van der Waals surface area contributed by atoms with Crippen molar-refractivity contribution in [2.75, 3.05) is 17.2 Å². The van der Waals surface area contributed by atoms with Gasteiger partial charge in [0.1, 0.15) is 22.4 Å². The van der Waals surface area contributed by atoms with Crippen LogP contribution in [0.25, 0.3) is 0 Å². The lowest BCUT2D eigenvalue weighted by Crippen LogP contribution is -2.03. The van der Waals surface area contributed by atoms with E-state index in [1.807, 2.05) is 6.92 Å². The molecule has 0 aliphatic heterocycles. The maximum Gasteiger partial charge on any atom is 0.150 e. The Labute approximate surface area is 134 Å². The van der Waals surface area contributed by atoms with Gasteiger partial charge in [0.15, 0.2) is 0 Å². The van der Waals surface area contributed by atoms with E-state index in [4.69, 9.17) is 0 Å². The number of hydrogen-bond acceptors (Lipinski definition) is 4. The van der Waals surface area contributed by atoms with Crippen LogP contribution in [0, 0.1) is 0 Å². The van der Waals surface area contributed by atoms with Crippen molar-refractivity contribution in [1.82, 2.24) is 9.97 Å². The van der Waals surface area contributed by atoms with Crippen molar-refractivity contribution in [1.29, 1.82) is 0 Å². The van der Waals surface area contributed by atoms with Crippen LogP contribution in [0.5, 0.6) is 0 Å². The lowest BCUT2D eigenvalue weighted by atomic mass is 10.1. The highest BCUT2D eigenvalue weighted by molar-refractivity contribution is 9.10. The number of hydrogen-bond donors (Lipinski definition) is 2. The van der Waals surface area contributed by atoms with Gasteiger partial charge in [0.25, 0.3) is 0 Å². The zero-order chi connectivity index (χ0) is 15.1. The van der Waals surface area contributed by atoms with E-state index in [2.05, 4.69) is 67.7 Å². The van der Waals surface area contributed by atoms with Crippen LogP contribution in [0.15, 0.2) is 35.1 Å². The van der Waals surface area contributed by atoms with Gasteiger partial charge in [-0.15, -0.1) is 0 Å². The summed E-state index contributed by atoms with van der Waals surface area (Å²) in [7, 11) is 0. The molecule has 0 saturated carbocycles. The Morgan fingerprint density at radius 1 is 1.05 bits per heavy atom. The molecule has 0 spiro atoms. The summed E-state index contributed by atoms with van der Waals surface area (Å²) in [6.07, 6.45) is 5.15. The lowest BCUT2D eigenvalue weighted by Gasteiger charge is -2.11. The molecule has 0 amide bonds. The summed E-state index contributed by atoms with van der Waals surface area (Å²) in [4.78, 5) is 8.49. The number of anilines is 3. The van der Waals surface area contributed by atoms with Crippen molar-refractivity contribution < 1.29 is 0 Å². The number of nitrogens with one attached hydrogen (secondary N) is 2. The molecule has 0 aliphatic rings. The molecule has 4 nitrogen and oxygen atoms in total. The molecule has 0 bridgehead atoms. The van der Waals surface area contributed by atoms with Gasteiger partial charge in [-0.05, 0) is 53.4 Å². The summed E-state index contributed by atoms with van der Waals surface area (Å²) in [6, 6.07) is 8.51. The van der Waals surface area contributed by atoms with E-state index in [-0.39, 0.29) is 0 Å². The minimum atomic E-state index is 0.766. The van der Waals surface area contributed by atoms with Crippen molar-refractivity contribution in [2.24, 2.45) is 0 Å². The molecule has 2 rings (SSSR count). The summed E-state index contributed by atoms with van der Waals surface area (Å²) < 4.78 is 0.849. The molecule has 1 heterocycles. The third kappa shape index (κ3) is 4.43. The van der Waals surface area contributed by atoms with Gasteiger partial charge in [-0.25, -0.2) is 9.97 Å². The van der Waals surface area contributed by atoms with Gasteiger partial charge in [0, 0.05) is 12.2 Å². The SMILES string of the molecule is CCCCc1ccc(Nc2ncnc(NCC)c2Br)cc1. The first-order chi connectivity index (χ1) is 10.2. The zero-order valence-electron chi connectivity index (χ0n) is 12.5. The van der Waals surface area contributed by atoms with Crippen molar-refractivity contribution >= 4 is 33.3 Å². The Morgan fingerprint density at radius 3 is 2.43 bits per heavy atom. The molecule has 0 unspecified atom stereocenters. The average Bonchev–Trinajstić information content (AvgIpc) is 2.51. The van der Waals surface area contributed by atoms with Crippen LogP contribution >= 0.6 is 15.9 Å². The van der Waals surface area contributed by atoms with Gasteiger partial charge in [0.05, 0.1) is 0 Å². The maximum absolute atomic E-state index is 4.28. The number of aromatic nitrogens is 2. The van der Waals surface area contributed by atoms with Gasteiger partial charge in [-0.3, -0.25) is 0 Å². The number of nitrogens with zero attached hydrogens (tertiary/aromatic N) is 2. The molecule has 0 aliphatic carbocycles. The Kier molecular flexibility index (Phi) is 5.99. The summed E-state index contributed by atoms with van der Waals surface area (Å²) in [6.45, 7) is 5.07. The van der Waals surface area contributed by atoms with Crippen molar-refractivity contribution in [3.63, 3.8) is 0 Å². The number of unbranched alkanes of at least 4 members (excludes halogenated alkanes) is 1. The van der Waals surface area contributed by atoms with Crippen LogP contribution in [0.2, 0.25) is 0 Å². The van der Waals surface area contributed by atoms with Crippen molar-refractivity contribution in [3.05, 3.63) is 40.6 Å². The number of halogens is 1. The maximum atomic E-state index is 4.28. The molecular formula is C16H21BrN4. The standard InChI is InChI=1S/C16H21BrN4/c1-3-5-6-12-7-9-13(10-8-12)21-16-14(17)15(18-4-2)19-11-20-16/h7-11H,3-6H2,1-2H3,(H2,18,19,20,21). The van der Waals surface area contributed by atoms with Crippen LogP contribution in [0.4, 0.5) is 17.3 Å². The molecule has 1 aromatic heterocycles. The third-order valence-electron chi connectivity index (χ3n) is 3.17. The predicted octanol–water partition coefficient (Wildman–Crippen LogP) is 4.76. The number of rotatable bonds is 7. The molecule has 5 heteroatoms. The quantitative estimate of drug-likeness (QED) is 0.757. The van der Waals surface area contributed by atoms with Gasteiger partial charge < -0.3 is 10.6 Å². The van der Waals surface area contributed by atoms with E-state index in [0.717, 1.165) is 34.8 Å². The van der Waals surface area contributed by atoms with E-state index in [9.17, 15) is 0 Å². The van der Waals surface area contributed by atoms with Crippen LogP contribution in [-0.2, 0) is 6.42 Å². The fourth-order valence-electron chi connectivity index (χ4n) is 2.02. The highest BCUT2D eigenvalue weighted by atomic mass is 79.9. The van der Waals surface area contributed by atoms with Crippen molar-refractivity contribution in [3.8, 4) is 0 Å². The van der Waals surface area contributed by atoms with Crippen LogP contribution in [-0.4, -0.2) is 16.5 Å². The molecule has 112 valence electrons. The van der Waals surface area contributed by atoms with Gasteiger partial charge in [0.2, 0.25) is 0 Å². The van der Waals surface area contributed by atoms with Gasteiger partial charge >= 0.3 is 0 Å². The number of aryl methyl sites for hydroxylation is 1. The first kappa shape index (κ1) is 15.8. The largest absolute Gasteiger partial charge is 0.369 e. The molecule has 0 radical (unpaired) electrons. The second-order valence-electron chi connectivity index (χ2n) is 4.84. The summed E-state index contributed by atoms with van der Waals surface area (Å²) in [5.41, 5.74) is 2.40. The summed E-state index contributed by atoms with van der Waals surface area (Å²) >= 11 is 3.54. The fourth-order valence-corrected chi connectivity index (χ4v) is 2.46. The topological polar surface area (TPSA) is 49.8 Å². The lowest BCUT2D eigenvalue weighted by molar-refractivity contribution is 0.795. The summed E-state index contributed by atoms with van der Waals surface area (Å²) in [5, 5.41) is 6.51. The smallest absolute Gasteiger partial charge is 0.150 e. The van der Waals surface area contributed by atoms with E-state index < -0.39 is 0 Å². The highest BCUT2D eigenvalue weighted by Gasteiger charge is 2.08. The first-order valence-electron chi connectivity index (χ1n) is 7.35. The number of benzene rings is 1. The Hall–Kier alpha value is -1.62. The van der Waals surface area contributed by atoms with E-state index in [0.29, 0.717) is 0 Å². The molecule has 2 aromatic rings. The predicted molar refractivity (Wildman–Crippen MR) is 92.2 cm³/mol. The van der Waals surface area contributed by atoms with Crippen LogP contribution < -0.4 is 10.6 Å². The molecule has 21 heavy (non-hydrogen) atoms. The molecule has 0 atom stereocenters. The highest BCUT2D eigenvalue weighted by Crippen LogP contribution is 2.28. The molecule has 1 aromatic carbocycles. The van der Waals surface area contributed by atoms with Crippen molar-refractivity contribution in [2.45, 2.75) is 33.1 Å². The minimum absolute atomic E-state index is 0.766. The first-order valence-corrected chi connectivity index (χ1v) is 8.14. The zero-order valence-corrected chi connectivity index (χ0v) is 14.1. The normalized spacial score (nSPS) is 10.4. The Balaban J connectivity index is 2.09. The average molecular weight is 349 g/mol. The van der Waals surface area contributed by atoms with Gasteiger partial charge in [-0.1, -0.05) is 25.5 Å². The molecule has 0 fully saturated rings.